The van der Waals surface area contributed by atoms with Crippen LogP contribution in [0.3, 0.4) is 0 Å². The maximum absolute atomic E-state index is 12.2. The summed E-state index contributed by atoms with van der Waals surface area (Å²) in [6.45, 7) is 4.60. The molecule has 0 bridgehead atoms. The van der Waals surface area contributed by atoms with Crippen LogP contribution < -0.4 is 5.73 Å². The highest BCUT2D eigenvalue weighted by atomic mass is 16.2. The fraction of sp³-hybridized carbons (Fsp3) is 0.583. The summed E-state index contributed by atoms with van der Waals surface area (Å²) >= 11 is 0. The van der Waals surface area contributed by atoms with Crippen molar-refractivity contribution in [2.45, 2.75) is 19.9 Å². The number of amides is 1. The van der Waals surface area contributed by atoms with Crippen molar-refractivity contribution in [3.63, 3.8) is 0 Å². The van der Waals surface area contributed by atoms with E-state index in [0.29, 0.717) is 18.7 Å². The summed E-state index contributed by atoms with van der Waals surface area (Å²) in [6, 6.07) is 1.40. The molecule has 2 atom stereocenters. The molecule has 6 heteroatoms. The number of aromatic nitrogens is 2. The second-order valence-corrected chi connectivity index (χ2v) is 4.33. The molecule has 2 unspecified atom stereocenters. The van der Waals surface area contributed by atoms with E-state index in [-0.39, 0.29) is 11.8 Å². The first-order valence-electron chi connectivity index (χ1n) is 5.92. The molecule has 0 aliphatic carbocycles. The summed E-state index contributed by atoms with van der Waals surface area (Å²) in [6.07, 6.45) is 3.31. The maximum atomic E-state index is 12.2. The van der Waals surface area contributed by atoms with Gasteiger partial charge in [-0.3, -0.25) is 9.48 Å². The van der Waals surface area contributed by atoms with Crippen LogP contribution in [0.5, 0.6) is 0 Å². The summed E-state index contributed by atoms with van der Waals surface area (Å²) in [4.78, 5) is 13.8. The van der Waals surface area contributed by atoms with Crippen molar-refractivity contribution < 1.29 is 4.79 Å². The number of nitrogens with zero attached hydrogens (tertiary/aromatic N) is 4. The number of likely N-dealkylation sites (N-methyl/N-ethyl adjacent to an activating group) is 1. The van der Waals surface area contributed by atoms with E-state index in [1.807, 2.05) is 6.92 Å². The summed E-state index contributed by atoms with van der Waals surface area (Å²) in [5.74, 6) is -0.373. The first-order valence-corrected chi connectivity index (χ1v) is 5.92. The van der Waals surface area contributed by atoms with Gasteiger partial charge in [-0.2, -0.15) is 10.4 Å². The Labute approximate surface area is 107 Å². The highest BCUT2D eigenvalue weighted by molar-refractivity contribution is 5.82. The van der Waals surface area contributed by atoms with Crippen LogP contribution in [0.1, 0.15) is 25.5 Å². The predicted molar refractivity (Wildman–Crippen MR) is 67.2 cm³/mol. The third kappa shape index (κ3) is 3.31. The first-order chi connectivity index (χ1) is 8.49. The summed E-state index contributed by atoms with van der Waals surface area (Å²) in [7, 11) is 1.77. The first kappa shape index (κ1) is 14.2. The maximum Gasteiger partial charge on any atom is 0.244 e. The third-order valence-electron chi connectivity index (χ3n) is 2.76. The molecule has 0 saturated heterocycles. The van der Waals surface area contributed by atoms with Crippen LogP contribution in [0.2, 0.25) is 0 Å². The fourth-order valence-electron chi connectivity index (χ4n) is 1.69. The number of hydrogen-bond donors (Lipinski definition) is 1. The second-order valence-electron chi connectivity index (χ2n) is 4.33. The molecule has 18 heavy (non-hydrogen) atoms. The van der Waals surface area contributed by atoms with Gasteiger partial charge in [0.1, 0.15) is 6.04 Å². The number of nitriles is 1. The molecule has 1 aromatic rings. The lowest BCUT2D eigenvalue weighted by Gasteiger charge is -2.24. The Morgan fingerprint density at radius 1 is 1.72 bits per heavy atom. The van der Waals surface area contributed by atoms with Gasteiger partial charge in [-0.05, 0) is 13.8 Å². The van der Waals surface area contributed by atoms with Crippen LogP contribution in [-0.4, -0.2) is 33.7 Å². The van der Waals surface area contributed by atoms with Gasteiger partial charge in [0, 0.05) is 31.9 Å². The molecule has 0 radical (unpaired) electrons. The number of carbonyl (C=O) groups is 1. The van der Waals surface area contributed by atoms with E-state index in [2.05, 4.69) is 11.2 Å². The van der Waals surface area contributed by atoms with Crippen LogP contribution in [0, 0.1) is 17.2 Å². The minimum atomic E-state index is -0.718. The minimum Gasteiger partial charge on any atom is -0.340 e. The Morgan fingerprint density at radius 2 is 2.39 bits per heavy atom. The van der Waals surface area contributed by atoms with Gasteiger partial charge >= 0.3 is 0 Å². The lowest BCUT2D eigenvalue weighted by molar-refractivity contribution is -0.132. The molecular formula is C12H19N5O. The van der Waals surface area contributed by atoms with Gasteiger partial charge in [-0.15, -0.1) is 0 Å². The molecule has 1 amide bonds. The van der Waals surface area contributed by atoms with Gasteiger partial charge in [-0.1, -0.05) is 0 Å². The monoisotopic (exact) mass is 249 g/mol. The largest absolute Gasteiger partial charge is 0.340 e. The van der Waals surface area contributed by atoms with Gasteiger partial charge in [0.25, 0.3) is 0 Å². The molecule has 0 aliphatic heterocycles. The van der Waals surface area contributed by atoms with Crippen molar-refractivity contribution in [3.05, 3.63) is 18.0 Å². The molecule has 0 aliphatic rings. The molecule has 1 aromatic heterocycles. The molecule has 0 spiro atoms. The van der Waals surface area contributed by atoms with Crippen LogP contribution in [0.4, 0.5) is 0 Å². The van der Waals surface area contributed by atoms with E-state index < -0.39 is 6.04 Å². The van der Waals surface area contributed by atoms with Crippen molar-refractivity contribution >= 4 is 5.91 Å². The topological polar surface area (TPSA) is 87.9 Å². The van der Waals surface area contributed by atoms with Gasteiger partial charge in [-0.25, -0.2) is 0 Å². The highest BCUT2D eigenvalue weighted by Crippen LogP contribution is 2.13. The zero-order valence-corrected chi connectivity index (χ0v) is 11.0. The van der Waals surface area contributed by atoms with E-state index in [9.17, 15) is 4.79 Å². The summed E-state index contributed by atoms with van der Waals surface area (Å²) < 4.78 is 1.61. The molecule has 1 rings (SSSR count). The van der Waals surface area contributed by atoms with Crippen LogP contribution in [0.15, 0.2) is 12.4 Å². The summed E-state index contributed by atoms with van der Waals surface area (Å²) in [5.41, 5.74) is 6.60. The molecule has 2 N–H and O–H groups in total. The second kappa shape index (κ2) is 6.17. The number of nitrogens with two attached hydrogens (primary N) is 1. The smallest absolute Gasteiger partial charge is 0.244 e. The van der Waals surface area contributed by atoms with E-state index in [0.717, 1.165) is 0 Å². The third-order valence-corrected chi connectivity index (χ3v) is 2.76. The molecule has 98 valence electrons. The van der Waals surface area contributed by atoms with E-state index >= 15 is 0 Å². The molecule has 1 heterocycles. The van der Waals surface area contributed by atoms with Crippen molar-refractivity contribution in [3.8, 4) is 6.07 Å². The highest BCUT2D eigenvalue weighted by Gasteiger charge is 2.23. The standard InChI is InChI=1S/C12H19N5O/c1-4-17(7-9(2)5-13)12(18)11(14)10-6-15-16(3)8-10/h6,8-9,11H,4,7,14H2,1-3H3. The number of hydrogen-bond acceptors (Lipinski definition) is 4. The molecule has 0 aromatic carbocycles. The van der Waals surface area contributed by atoms with Crippen LogP contribution >= 0.6 is 0 Å². The van der Waals surface area contributed by atoms with Gasteiger partial charge < -0.3 is 10.6 Å². The molecule has 0 saturated carbocycles. The van der Waals surface area contributed by atoms with Gasteiger partial charge in [0.2, 0.25) is 5.91 Å². The van der Waals surface area contributed by atoms with Crippen molar-refractivity contribution in [1.29, 1.82) is 5.26 Å². The number of rotatable bonds is 5. The zero-order valence-electron chi connectivity index (χ0n) is 11.0. The zero-order chi connectivity index (χ0) is 13.7. The van der Waals surface area contributed by atoms with Gasteiger partial charge in [0.05, 0.1) is 18.2 Å². The van der Waals surface area contributed by atoms with Crippen molar-refractivity contribution in [2.24, 2.45) is 18.7 Å². The number of aryl methyl sites for hydroxylation is 1. The average Bonchev–Trinajstić information content (AvgIpc) is 2.80. The Morgan fingerprint density at radius 3 is 2.83 bits per heavy atom. The lowest BCUT2D eigenvalue weighted by atomic mass is 10.1. The predicted octanol–water partition coefficient (Wildman–Crippen LogP) is 0.428. The van der Waals surface area contributed by atoms with Gasteiger partial charge in [0.15, 0.2) is 0 Å². The van der Waals surface area contributed by atoms with E-state index in [1.54, 1.807) is 35.9 Å². The lowest BCUT2D eigenvalue weighted by Crippen LogP contribution is -2.40. The minimum absolute atomic E-state index is 0.174. The fourth-order valence-corrected chi connectivity index (χ4v) is 1.69. The Bertz CT molecular complexity index is 448. The molecule has 0 fully saturated rings. The van der Waals surface area contributed by atoms with Crippen molar-refractivity contribution in [1.82, 2.24) is 14.7 Å². The summed E-state index contributed by atoms with van der Waals surface area (Å²) in [5, 5.41) is 12.8. The molecule has 6 nitrogen and oxygen atoms in total. The average molecular weight is 249 g/mol. The Kier molecular flexibility index (Phi) is 4.86. The van der Waals surface area contributed by atoms with E-state index in [1.165, 1.54) is 0 Å². The SMILES string of the molecule is CCN(CC(C)C#N)C(=O)C(N)c1cnn(C)c1. The van der Waals surface area contributed by atoms with E-state index in [4.69, 9.17) is 11.0 Å². The van der Waals surface area contributed by atoms with Crippen molar-refractivity contribution in [2.75, 3.05) is 13.1 Å². The van der Waals surface area contributed by atoms with Crippen LogP contribution in [-0.2, 0) is 11.8 Å². The normalized spacial score (nSPS) is 13.7. The Hall–Kier alpha value is -1.87. The molecular weight excluding hydrogens is 230 g/mol. The Balaban J connectivity index is 2.75. The number of carbonyl (C=O) groups excluding carboxylic acids is 1. The van der Waals surface area contributed by atoms with Crippen LogP contribution in [0.25, 0.3) is 0 Å². The quantitative estimate of drug-likeness (QED) is 0.819.